The summed E-state index contributed by atoms with van der Waals surface area (Å²) in [4.78, 5) is 16.3. The van der Waals surface area contributed by atoms with Crippen LogP contribution in [0.15, 0.2) is 53.2 Å². The SMILES string of the molecule is CCS(=O)(=O)c1nsc(NC(=O)/C(C#N)=C\c2ccc(OCCCOc3ccc(C)c(C)c3)cc2)n1. The number of nitrogens with zero attached hydrogens (tertiary/aromatic N) is 3. The van der Waals surface area contributed by atoms with E-state index < -0.39 is 15.7 Å². The van der Waals surface area contributed by atoms with E-state index in [-0.39, 0.29) is 21.6 Å². The fraction of sp³-hybridized carbons (Fsp3) is 0.280. The number of hydrogen-bond acceptors (Lipinski definition) is 9. The fourth-order valence-electron chi connectivity index (χ4n) is 2.90. The number of ether oxygens (including phenoxy) is 2. The maximum absolute atomic E-state index is 12.4. The largest absolute Gasteiger partial charge is 0.493 e. The first-order valence-corrected chi connectivity index (χ1v) is 13.6. The third-order valence-electron chi connectivity index (χ3n) is 5.15. The van der Waals surface area contributed by atoms with Crippen LogP contribution in [0, 0.1) is 25.2 Å². The average molecular weight is 527 g/mol. The van der Waals surface area contributed by atoms with Crippen LogP contribution in [0.25, 0.3) is 6.08 Å². The number of nitrogens with one attached hydrogen (secondary N) is 1. The van der Waals surface area contributed by atoms with Gasteiger partial charge in [-0.2, -0.15) is 14.6 Å². The monoisotopic (exact) mass is 526 g/mol. The van der Waals surface area contributed by atoms with Crippen LogP contribution in [0.4, 0.5) is 5.13 Å². The third-order valence-corrected chi connectivity index (χ3v) is 7.39. The highest BCUT2D eigenvalue weighted by atomic mass is 32.2. The summed E-state index contributed by atoms with van der Waals surface area (Å²) in [5, 5.41) is 11.5. The Balaban J connectivity index is 1.50. The Kier molecular flexibility index (Phi) is 9.16. The van der Waals surface area contributed by atoms with E-state index in [1.165, 1.54) is 24.1 Å². The molecule has 0 bridgehead atoms. The summed E-state index contributed by atoms with van der Waals surface area (Å²) in [5.41, 5.74) is 2.87. The molecule has 0 aliphatic rings. The van der Waals surface area contributed by atoms with Gasteiger partial charge >= 0.3 is 0 Å². The van der Waals surface area contributed by atoms with Crippen LogP contribution in [0.1, 0.15) is 30.0 Å². The van der Waals surface area contributed by atoms with Crippen molar-refractivity contribution in [2.45, 2.75) is 32.3 Å². The second kappa shape index (κ2) is 12.3. The molecule has 11 heteroatoms. The molecule has 1 N–H and O–H groups in total. The lowest BCUT2D eigenvalue weighted by molar-refractivity contribution is -0.112. The Hall–Kier alpha value is -3.75. The smallest absolute Gasteiger partial charge is 0.268 e. The van der Waals surface area contributed by atoms with E-state index in [9.17, 15) is 18.5 Å². The van der Waals surface area contributed by atoms with Gasteiger partial charge in [0.15, 0.2) is 0 Å². The van der Waals surface area contributed by atoms with Gasteiger partial charge in [0.2, 0.25) is 15.0 Å². The molecule has 3 rings (SSSR count). The van der Waals surface area contributed by atoms with Crippen molar-refractivity contribution in [1.82, 2.24) is 9.36 Å². The molecule has 36 heavy (non-hydrogen) atoms. The summed E-state index contributed by atoms with van der Waals surface area (Å²) >= 11 is 0.733. The van der Waals surface area contributed by atoms with Gasteiger partial charge in [0.1, 0.15) is 23.1 Å². The van der Waals surface area contributed by atoms with Crippen LogP contribution >= 0.6 is 11.5 Å². The quantitative estimate of drug-likeness (QED) is 0.222. The molecule has 0 saturated carbocycles. The van der Waals surface area contributed by atoms with Crippen LogP contribution in [-0.2, 0) is 14.6 Å². The highest BCUT2D eigenvalue weighted by Gasteiger charge is 2.20. The number of amides is 1. The molecule has 1 aromatic heterocycles. The number of rotatable bonds is 11. The molecule has 0 fully saturated rings. The van der Waals surface area contributed by atoms with Crippen molar-refractivity contribution in [3.8, 4) is 17.6 Å². The summed E-state index contributed by atoms with van der Waals surface area (Å²) in [6, 6.07) is 14.8. The van der Waals surface area contributed by atoms with E-state index in [0.29, 0.717) is 30.9 Å². The third kappa shape index (κ3) is 7.37. The molecular formula is C25H26N4O5S2. The molecule has 0 aliphatic carbocycles. The minimum Gasteiger partial charge on any atom is -0.493 e. The van der Waals surface area contributed by atoms with Crippen molar-refractivity contribution in [1.29, 1.82) is 5.26 Å². The van der Waals surface area contributed by atoms with Crippen LogP contribution in [0.5, 0.6) is 11.5 Å². The number of benzene rings is 2. The zero-order valence-corrected chi connectivity index (χ0v) is 21.8. The molecule has 3 aromatic rings. The first kappa shape index (κ1) is 26.8. The van der Waals surface area contributed by atoms with Gasteiger partial charge in [-0.15, -0.1) is 0 Å². The molecule has 0 unspecified atom stereocenters. The minimum absolute atomic E-state index is 0.00147. The molecule has 1 heterocycles. The summed E-state index contributed by atoms with van der Waals surface area (Å²) < 4.78 is 38.9. The Labute approximate surface area is 214 Å². The van der Waals surface area contributed by atoms with E-state index in [2.05, 4.69) is 21.6 Å². The highest BCUT2D eigenvalue weighted by molar-refractivity contribution is 7.91. The summed E-state index contributed by atoms with van der Waals surface area (Å²) in [5.74, 6) is 0.628. The minimum atomic E-state index is -3.58. The second-order valence-electron chi connectivity index (χ2n) is 7.78. The number of hydrogen-bond donors (Lipinski definition) is 1. The van der Waals surface area contributed by atoms with E-state index >= 15 is 0 Å². The zero-order chi connectivity index (χ0) is 26.1. The average Bonchev–Trinajstić information content (AvgIpc) is 3.34. The Morgan fingerprint density at radius 2 is 1.75 bits per heavy atom. The van der Waals surface area contributed by atoms with Crippen molar-refractivity contribution in [3.63, 3.8) is 0 Å². The molecule has 0 radical (unpaired) electrons. The molecule has 0 spiro atoms. The van der Waals surface area contributed by atoms with Crippen molar-refractivity contribution in [2.24, 2.45) is 0 Å². The molecule has 0 saturated heterocycles. The van der Waals surface area contributed by atoms with Crippen molar-refractivity contribution < 1.29 is 22.7 Å². The zero-order valence-electron chi connectivity index (χ0n) is 20.1. The number of carbonyl (C=O) groups excluding carboxylic acids is 1. The topological polar surface area (TPSA) is 131 Å². The molecule has 0 aliphatic heterocycles. The van der Waals surface area contributed by atoms with E-state index in [1.54, 1.807) is 24.3 Å². The summed E-state index contributed by atoms with van der Waals surface area (Å²) in [6.45, 7) is 6.59. The Morgan fingerprint density at radius 1 is 1.08 bits per heavy atom. The molecule has 2 aromatic carbocycles. The second-order valence-corrected chi connectivity index (χ2v) is 10.7. The molecule has 9 nitrogen and oxygen atoms in total. The number of sulfone groups is 1. The van der Waals surface area contributed by atoms with Crippen LogP contribution in [0.3, 0.4) is 0 Å². The maximum atomic E-state index is 12.4. The van der Waals surface area contributed by atoms with Crippen molar-refractivity contribution in [3.05, 3.63) is 64.7 Å². The van der Waals surface area contributed by atoms with E-state index in [4.69, 9.17) is 9.47 Å². The first-order valence-electron chi connectivity index (χ1n) is 11.1. The van der Waals surface area contributed by atoms with Gasteiger partial charge in [0.05, 0.1) is 19.0 Å². The molecule has 0 atom stereocenters. The van der Waals surface area contributed by atoms with E-state index in [0.717, 1.165) is 17.3 Å². The first-order chi connectivity index (χ1) is 17.2. The lowest BCUT2D eigenvalue weighted by Gasteiger charge is -2.09. The van der Waals surface area contributed by atoms with Gasteiger partial charge in [-0.3, -0.25) is 10.1 Å². The standard InChI is InChI=1S/C25H26N4O5S2/c1-4-36(31,32)25-28-24(35-29-25)27-23(30)20(16-26)15-19-7-10-21(11-8-19)33-12-5-13-34-22-9-6-17(2)18(3)14-22/h6-11,14-15H,4-5,12-13H2,1-3H3,(H,27,28,29,30)/b20-15-. The number of anilines is 1. The predicted octanol–water partition coefficient (Wildman–Crippen LogP) is 4.34. The van der Waals surface area contributed by atoms with Gasteiger partial charge in [-0.05, 0) is 60.9 Å². The van der Waals surface area contributed by atoms with Crippen LogP contribution < -0.4 is 14.8 Å². The number of nitriles is 1. The number of carbonyl (C=O) groups is 1. The molecule has 1 amide bonds. The fourth-order valence-corrected chi connectivity index (χ4v) is 4.48. The molecule has 188 valence electrons. The van der Waals surface area contributed by atoms with Crippen LogP contribution in [0.2, 0.25) is 0 Å². The summed E-state index contributed by atoms with van der Waals surface area (Å²) in [6.07, 6.45) is 2.13. The highest BCUT2D eigenvalue weighted by Crippen LogP contribution is 2.19. The lowest BCUT2D eigenvalue weighted by Crippen LogP contribution is -2.13. The summed E-state index contributed by atoms with van der Waals surface area (Å²) in [7, 11) is -3.58. The van der Waals surface area contributed by atoms with Gasteiger partial charge in [0.25, 0.3) is 11.1 Å². The predicted molar refractivity (Wildman–Crippen MR) is 138 cm³/mol. The van der Waals surface area contributed by atoms with Gasteiger partial charge in [-0.1, -0.05) is 25.1 Å². The van der Waals surface area contributed by atoms with Crippen LogP contribution in [-0.4, -0.2) is 42.6 Å². The van der Waals surface area contributed by atoms with Crippen molar-refractivity contribution >= 4 is 38.5 Å². The normalized spacial score (nSPS) is 11.6. The lowest BCUT2D eigenvalue weighted by atomic mass is 10.1. The number of aromatic nitrogens is 2. The molecular weight excluding hydrogens is 500 g/mol. The van der Waals surface area contributed by atoms with Gasteiger partial charge in [-0.25, -0.2) is 8.42 Å². The van der Waals surface area contributed by atoms with Gasteiger partial charge < -0.3 is 9.47 Å². The van der Waals surface area contributed by atoms with E-state index in [1.807, 2.05) is 31.2 Å². The van der Waals surface area contributed by atoms with Gasteiger partial charge in [0, 0.05) is 18.0 Å². The Morgan fingerprint density at radius 3 is 2.39 bits per heavy atom. The Bertz CT molecular complexity index is 1390. The number of aryl methyl sites for hydroxylation is 2. The maximum Gasteiger partial charge on any atom is 0.268 e. The van der Waals surface area contributed by atoms with Crippen molar-refractivity contribution in [2.75, 3.05) is 24.3 Å².